The van der Waals surface area contributed by atoms with Crippen LogP contribution in [0.15, 0.2) is 65.2 Å². The van der Waals surface area contributed by atoms with Gasteiger partial charge in [-0.05, 0) is 19.4 Å². The van der Waals surface area contributed by atoms with Crippen molar-refractivity contribution in [2.24, 2.45) is 4.99 Å². The number of hydrogen-bond donors (Lipinski definition) is 2. The predicted octanol–water partition coefficient (Wildman–Crippen LogP) is 5.45. The van der Waals surface area contributed by atoms with Crippen LogP contribution in [0.5, 0.6) is 5.75 Å². The molecule has 3 rings (SSSR count). The van der Waals surface area contributed by atoms with Gasteiger partial charge in [-0.25, -0.2) is 4.99 Å². The maximum atomic E-state index is 12.2. The lowest BCUT2D eigenvalue weighted by molar-refractivity contribution is -0.132. The summed E-state index contributed by atoms with van der Waals surface area (Å²) in [7, 11) is 0. The Kier molecular flexibility index (Phi) is 13.6. The largest absolute Gasteiger partial charge is 0.508 e. The number of carbonyl (C=O) groups is 1. The fourth-order valence-corrected chi connectivity index (χ4v) is 3.69. The first kappa shape index (κ1) is 29.2. The zero-order chi connectivity index (χ0) is 25.5. The van der Waals surface area contributed by atoms with Gasteiger partial charge in [-0.3, -0.25) is 10.1 Å². The van der Waals surface area contributed by atoms with E-state index in [1.165, 1.54) is 0 Å². The Morgan fingerprint density at radius 2 is 1.82 bits per heavy atom. The second-order valence-electron chi connectivity index (χ2n) is 7.72. The minimum Gasteiger partial charge on any atom is -0.508 e. The summed E-state index contributed by atoms with van der Waals surface area (Å²) >= 11 is 0. The van der Waals surface area contributed by atoms with Crippen LogP contribution in [0, 0.1) is 0 Å². The van der Waals surface area contributed by atoms with E-state index in [0.29, 0.717) is 26.1 Å². The molecule has 2 aliphatic rings. The molecule has 1 fully saturated rings. The van der Waals surface area contributed by atoms with Crippen molar-refractivity contribution in [3.8, 4) is 5.75 Å². The molecule has 1 unspecified atom stereocenters. The molecule has 0 bridgehead atoms. The number of rotatable bonds is 5. The zero-order valence-corrected chi connectivity index (χ0v) is 22.0. The van der Waals surface area contributed by atoms with Gasteiger partial charge in [0.2, 0.25) is 5.91 Å². The van der Waals surface area contributed by atoms with Gasteiger partial charge in [0, 0.05) is 50.3 Å². The predicted molar refractivity (Wildman–Crippen MR) is 144 cm³/mol. The Balaban J connectivity index is 0.00000137. The highest BCUT2D eigenvalue weighted by Crippen LogP contribution is 2.28. The number of para-hydroxylation sites is 1. The maximum absolute atomic E-state index is 12.2. The molecule has 1 amide bonds. The molecular formula is C28H44N4O2. The third-order valence-corrected chi connectivity index (χ3v) is 5.52. The molecule has 0 aromatic heterocycles. The number of hydrogen-bond acceptors (Lipinski definition) is 5. The highest BCUT2D eigenvalue weighted by Gasteiger charge is 2.28. The monoisotopic (exact) mass is 468 g/mol. The highest BCUT2D eigenvalue weighted by atomic mass is 16.3. The van der Waals surface area contributed by atoms with Crippen molar-refractivity contribution in [1.82, 2.24) is 15.1 Å². The molecule has 6 heteroatoms. The lowest BCUT2D eigenvalue weighted by atomic mass is 10.1. The normalized spacial score (nSPS) is 19.4. The maximum Gasteiger partial charge on any atom is 0.222 e. The number of amidine groups is 1. The number of aromatic hydroxyl groups is 1. The lowest BCUT2D eigenvalue weighted by Gasteiger charge is -2.39. The van der Waals surface area contributed by atoms with Gasteiger partial charge in [0.25, 0.3) is 0 Å². The van der Waals surface area contributed by atoms with Crippen molar-refractivity contribution in [3.05, 3.63) is 65.8 Å². The van der Waals surface area contributed by atoms with E-state index in [4.69, 9.17) is 4.99 Å². The van der Waals surface area contributed by atoms with Gasteiger partial charge in [0.15, 0.2) is 0 Å². The van der Waals surface area contributed by atoms with Crippen LogP contribution in [0.3, 0.4) is 0 Å². The second kappa shape index (κ2) is 15.9. The van der Waals surface area contributed by atoms with Crippen molar-refractivity contribution in [2.75, 3.05) is 32.7 Å². The van der Waals surface area contributed by atoms with Crippen LogP contribution < -0.4 is 5.32 Å². The topological polar surface area (TPSA) is 68.2 Å². The number of piperazine rings is 1. The van der Waals surface area contributed by atoms with Crippen LogP contribution in [-0.4, -0.2) is 59.4 Å². The highest BCUT2D eigenvalue weighted by molar-refractivity contribution is 6.00. The first-order chi connectivity index (χ1) is 16.5. The summed E-state index contributed by atoms with van der Waals surface area (Å²) in [6.45, 7) is 19.4. The number of benzene rings is 1. The van der Waals surface area contributed by atoms with Gasteiger partial charge in [0.1, 0.15) is 17.8 Å². The van der Waals surface area contributed by atoms with Crippen molar-refractivity contribution in [2.45, 2.75) is 60.5 Å². The standard InChI is InChI=1S/C24H32N4O2.2C2H6/c1-4-8-22(30)27-13-15-28(16-14-27)24-19(12-11-18(3)5-2)17-25-23(26-24)20-9-6-7-10-21(20)29;2*1-2/h5-7,9-12,23,25,29H,2,4,8,13-17H2,1,3H3;2*1-2H3/b18-11-,19-12+;;. The van der Waals surface area contributed by atoms with Crippen molar-refractivity contribution in [1.29, 1.82) is 0 Å². The van der Waals surface area contributed by atoms with Crippen LogP contribution >= 0.6 is 0 Å². The van der Waals surface area contributed by atoms with E-state index in [9.17, 15) is 9.90 Å². The van der Waals surface area contributed by atoms with Crippen LogP contribution in [0.4, 0.5) is 0 Å². The summed E-state index contributed by atoms with van der Waals surface area (Å²) in [5.74, 6) is 1.40. The van der Waals surface area contributed by atoms with E-state index in [0.717, 1.165) is 42.1 Å². The number of amides is 1. The lowest BCUT2D eigenvalue weighted by Crippen LogP contribution is -2.52. The molecule has 1 aromatic carbocycles. The number of aliphatic imine (C=N–C) groups is 1. The van der Waals surface area contributed by atoms with E-state index in [1.54, 1.807) is 6.07 Å². The molecule has 0 saturated carbocycles. The fourth-order valence-electron chi connectivity index (χ4n) is 3.69. The Morgan fingerprint density at radius 1 is 1.18 bits per heavy atom. The Hall–Kier alpha value is -2.86. The Bertz CT molecular complexity index is 865. The molecule has 188 valence electrons. The minimum absolute atomic E-state index is 0.233. The number of nitrogens with zero attached hydrogens (tertiary/aromatic N) is 3. The molecule has 0 aliphatic carbocycles. The van der Waals surface area contributed by atoms with Gasteiger partial charge in [-0.1, -0.05) is 83.2 Å². The average molecular weight is 469 g/mol. The quantitative estimate of drug-likeness (QED) is 0.564. The first-order valence-corrected chi connectivity index (χ1v) is 12.7. The van der Waals surface area contributed by atoms with Gasteiger partial charge in [-0.2, -0.15) is 0 Å². The number of phenolic OH excluding ortho intramolecular Hbond substituents is 1. The van der Waals surface area contributed by atoms with E-state index >= 15 is 0 Å². The molecule has 1 saturated heterocycles. The summed E-state index contributed by atoms with van der Waals surface area (Å²) in [6.07, 6.45) is 7.13. The molecule has 1 aromatic rings. The Labute approximate surface area is 206 Å². The SMILES string of the molecule is C=C/C(C)=C\C=C1/CNC(c2ccccc2O)N=C1N1CCN(C(=O)CCC)CC1.CC.CC. The molecule has 1 atom stereocenters. The van der Waals surface area contributed by atoms with Crippen LogP contribution in [0.25, 0.3) is 0 Å². The summed E-state index contributed by atoms with van der Waals surface area (Å²) < 4.78 is 0. The molecule has 2 aliphatic heterocycles. The van der Waals surface area contributed by atoms with E-state index < -0.39 is 0 Å². The van der Waals surface area contributed by atoms with Crippen LogP contribution in [0.1, 0.15) is 66.1 Å². The summed E-state index contributed by atoms with van der Waals surface area (Å²) in [4.78, 5) is 21.4. The van der Waals surface area contributed by atoms with E-state index in [2.05, 4.69) is 22.9 Å². The molecule has 2 N–H and O–H groups in total. The molecule has 0 spiro atoms. The summed E-state index contributed by atoms with van der Waals surface area (Å²) in [5.41, 5.74) is 2.94. The minimum atomic E-state index is -0.303. The molecule has 2 heterocycles. The molecule has 0 radical (unpaired) electrons. The number of allylic oxidation sites excluding steroid dienone is 4. The van der Waals surface area contributed by atoms with Crippen molar-refractivity contribution < 1.29 is 9.90 Å². The third kappa shape index (κ3) is 8.17. The second-order valence-corrected chi connectivity index (χ2v) is 7.72. The fraction of sp³-hybridized carbons (Fsp3) is 0.500. The number of phenols is 1. The van der Waals surface area contributed by atoms with Gasteiger partial charge >= 0.3 is 0 Å². The average Bonchev–Trinajstić information content (AvgIpc) is 2.90. The van der Waals surface area contributed by atoms with Crippen LogP contribution in [-0.2, 0) is 4.79 Å². The van der Waals surface area contributed by atoms with Gasteiger partial charge in [0.05, 0.1) is 0 Å². The summed E-state index contributed by atoms with van der Waals surface area (Å²) in [5, 5.41) is 13.7. The summed E-state index contributed by atoms with van der Waals surface area (Å²) in [6, 6.07) is 7.30. The van der Waals surface area contributed by atoms with E-state index in [1.807, 2.05) is 76.8 Å². The van der Waals surface area contributed by atoms with Gasteiger partial charge in [-0.15, -0.1) is 0 Å². The Morgan fingerprint density at radius 3 is 2.41 bits per heavy atom. The van der Waals surface area contributed by atoms with Crippen molar-refractivity contribution >= 4 is 11.7 Å². The van der Waals surface area contributed by atoms with E-state index in [-0.39, 0.29) is 17.8 Å². The molecule has 6 nitrogen and oxygen atoms in total. The molecule has 34 heavy (non-hydrogen) atoms. The third-order valence-electron chi connectivity index (χ3n) is 5.52. The zero-order valence-electron chi connectivity index (χ0n) is 22.0. The van der Waals surface area contributed by atoms with Crippen LogP contribution in [0.2, 0.25) is 0 Å². The van der Waals surface area contributed by atoms with Crippen molar-refractivity contribution in [3.63, 3.8) is 0 Å². The van der Waals surface area contributed by atoms with Gasteiger partial charge < -0.3 is 14.9 Å². The number of carbonyl (C=O) groups excluding carboxylic acids is 1. The molecular weight excluding hydrogens is 424 g/mol. The first-order valence-electron chi connectivity index (χ1n) is 12.7. The number of nitrogens with one attached hydrogen (secondary N) is 1. The smallest absolute Gasteiger partial charge is 0.222 e.